The third-order valence-corrected chi connectivity index (χ3v) is 8.81. The number of halogens is 1. The SMILES string of the molecule is CC(C)(C)OC(=O)N1CC2(CCN(C3=C(C#N)C(Cl)=C4C[C@H]5C[C@@]4(C=N3)C5(C)C)C2)C1. The Bertz CT molecular complexity index is 990. The van der Waals surface area contributed by atoms with Gasteiger partial charge in [0.25, 0.3) is 0 Å². The van der Waals surface area contributed by atoms with Gasteiger partial charge in [0.05, 0.1) is 5.03 Å². The average Bonchev–Trinajstić information content (AvgIpc) is 3.29. The first-order valence-electron chi connectivity index (χ1n) is 11.2. The number of likely N-dealkylation sites (tertiary alicyclic amines) is 2. The van der Waals surface area contributed by atoms with Gasteiger partial charge < -0.3 is 14.5 Å². The van der Waals surface area contributed by atoms with Crippen LogP contribution in [0.1, 0.15) is 53.9 Å². The molecule has 2 saturated heterocycles. The Morgan fingerprint density at radius 3 is 2.65 bits per heavy atom. The van der Waals surface area contributed by atoms with Gasteiger partial charge in [-0.2, -0.15) is 5.26 Å². The molecule has 2 spiro atoms. The van der Waals surface area contributed by atoms with Crippen molar-refractivity contribution in [2.45, 2.75) is 59.5 Å². The van der Waals surface area contributed by atoms with Gasteiger partial charge in [-0.1, -0.05) is 25.4 Å². The third-order valence-electron chi connectivity index (χ3n) is 8.40. The van der Waals surface area contributed by atoms with Gasteiger partial charge in [0.2, 0.25) is 0 Å². The monoisotopic (exact) mass is 442 g/mol. The fourth-order valence-electron chi connectivity index (χ4n) is 6.41. The molecule has 31 heavy (non-hydrogen) atoms. The number of ether oxygens (including phenoxy) is 1. The predicted octanol–water partition coefficient (Wildman–Crippen LogP) is 4.68. The molecule has 6 rings (SSSR count). The number of nitrogens with zero attached hydrogens (tertiary/aromatic N) is 4. The number of carbonyl (C=O) groups is 1. The fourth-order valence-corrected chi connectivity index (χ4v) is 6.78. The zero-order valence-corrected chi connectivity index (χ0v) is 19.8. The minimum Gasteiger partial charge on any atom is -0.444 e. The normalized spacial score (nSPS) is 32.5. The second-order valence-corrected chi connectivity index (χ2v) is 12.0. The molecule has 7 heteroatoms. The summed E-state index contributed by atoms with van der Waals surface area (Å²) < 4.78 is 5.50. The molecule has 3 aliphatic carbocycles. The Hall–Kier alpha value is -2.00. The first-order chi connectivity index (χ1) is 14.4. The van der Waals surface area contributed by atoms with Crippen molar-refractivity contribution in [3.63, 3.8) is 0 Å². The lowest BCUT2D eigenvalue weighted by Crippen LogP contribution is -2.60. The van der Waals surface area contributed by atoms with E-state index in [4.69, 9.17) is 21.3 Å². The molecular weight excluding hydrogens is 412 g/mol. The molecule has 0 N–H and O–H groups in total. The molecule has 166 valence electrons. The van der Waals surface area contributed by atoms with Crippen LogP contribution < -0.4 is 0 Å². The molecule has 1 amide bonds. The summed E-state index contributed by atoms with van der Waals surface area (Å²) in [4.78, 5) is 21.2. The van der Waals surface area contributed by atoms with E-state index in [1.165, 1.54) is 5.57 Å². The molecule has 0 aromatic carbocycles. The van der Waals surface area contributed by atoms with E-state index in [9.17, 15) is 10.1 Å². The lowest BCUT2D eigenvalue weighted by molar-refractivity contribution is -0.0296. The highest BCUT2D eigenvalue weighted by atomic mass is 35.5. The Morgan fingerprint density at radius 2 is 2.03 bits per heavy atom. The first kappa shape index (κ1) is 20.9. The quantitative estimate of drug-likeness (QED) is 0.591. The minimum atomic E-state index is -0.487. The molecule has 0 aromatic rings. The van der Waals surface area contributed by atoms with Crippen molar-refractivity contribution >= 4 is 23.9 Å². The Morgan fingerprint density at radius 1 is 1.32 bits per heavy atom. The van der Waals surface area contributed by atoms with Crippen LogP contribution in [0.2, 0.25) is 0 Å². The number of aliphatic imine (C=N–C) groups is 1. The second-order valence-electron chi connectivity index (χ2n) is 11.7. The highest BCUT2D eigenvalue weighted by molar-refractivity contribution is 6.33. The molecule has 6 nitrogen and oxygen atoms in total. The molecule has 0 unspecified atom stereocenters. The summed E-state index contributed by atoms with van der Waals surface area (Å²) in [6.07, 6.45) is 4.85. The molecule has 2 bridgehead atoms. The molecular formula is C24H31ClN4O2. The summed E-state index contributed by atoms with van der Waals surface area (Å²) >= 11 is 6.87. The number of hydrogen-bond acceptors (Lipinski definition) is 5. The van der Waals surface area contributed by atoms with Crippen molar-refractivity contribution in [1.29, 1.82) is 5.26 Å². The van der Waals surface area contributed by atoms with E-state index in [1.807, 2.05) is 20.8 Å². The van der Waals surface area contributed by atoms with Gasteiger partial charge in [-0.15, -0.1) is 0 Å². The van der Waals surface area contributed by atoms with E-state index in [2.05, 4.69) is 31.0 Å². The van der Waals surface area contributed by atoms with Gasteiger partial charge in [-0.05, 0) is 56.9 Å². The fraction of sp³-hybridized carbons (Fsp3) is 0.708. The number of allylic oxidation sites excluding steroid dienone is 3. The van der Waals surface area contributed by atoms with Crippen molar-refractivity contribution in [3.05, 3.63) is 22.0 Å². The van der Waals surface area contributed by atoms with Crippen molar-refractivity contribution < 1.29 is 9.53 Å². The Balaban J connectivity index is 1.36. The number of hydrogen-bond donors (Lipinski definition) is 0. The van der Waals surface area contributed by atoms with Crippen molar-refractivity contribution in [3.8, 4) is 6.07 Å². The lowest BCUT2D eigenvalue weighted by Gasteiger charge is -2.53. The molecule has 3 heterocycles. The minimum absolute atomic E-state index is 0.0426. The van der Waals surface area contributed by atoms with Crippen LogP contribution in [0.15, 0.2) is 27.0 Å². The number of carbonyl (C=O) groups excluding carboxylic acids is 1. The summed E-state index contributed by atoms with van der Waals surface area (Å²) in [7, 11) is 0. The third kappa shape index (κ3) is 2.81. The maximum Gasteiger partial charge on any atom is 0.410 e. The number of rotatable bonds is 1. The number of nitriles is 1. The van der Waals surface area contributed by atoms with Gasteiger partial charge in [0, 0.05) is 43.2 Å². The maximum absolute atomic E-state index is 12.4. The first-order valence-corrected chi connectivity index (χ1v) is 11.6. The predicted molar refractivity (Wildman–Crippen MR) is 119 cm³/mol. The smallest absolute Gasteiger partial charge is 0.410 e. The van der Waals surface area contributed by atoms with Gasteiger partial charge in [-0.25, -0.2) is 9.79 Å². The van der Waals surface area contributed by atoms with Crippen LogP contribution in [0.5, 0.6) is 0 Å². The van der Waals surface area contributed by atoms with Gasteiger partial charge in [0.1, 0.15) is 23.1 Å². The lowest BCUT2D eigenvalue weighted by atomic mass is 9.50. The van der Waals surface area contributed by atoms with Crippen LogP contribution in [-0.4, -0.2) is 53.9 Å². The zero-order valence-electron chi connectivity index (χ0n) is 19.1. The topological polar surface area (TPSA) is 68.9 Å². The zero-order chi connectivity index (χ0) is 22.4. The van der Waals surface area contributed by atoms with Crippen LogP contribution >= 0.6 is 11.6 Å². The van der Waals surface area contributed by atoms with E-state index in [1.54, 1.807) is 4.90 Å². The molecule has 5 fully saturated rings. The van der Waals surface area contributed by atoms with Crippen LogP contribution in [0.3, 0.4) is 0 Å². The summed E-state index contributed by atoms with van der Waals surface area (Å²) in [5.41, 5.74) is 1.29. The van der Waals surface area contributed by atoms with E-state index in [-0.39, 0.29) is 22.3 Å². The van der Waals surface area contributed by atoms with Gasteiger partial charge in [0.15, 0.2) is 0 Å². The molecule has 0 radical (unpaired) electrons. The van der Waals surface area contributed by atoms with Gasteiger partial charge in [-0.3, -0.25) is 0 Å². The summed E-state index contributed by atoms with van der Waals surface area (Å²) in [6, 6.07) is 2.36. The van der Waals surface area contributed by atoms with Crippen LogP contribution in [-0.2, 0) is 4.74 Å². The molecule has 2 atom stereocenters. The van der Waals surface area contributed by atoms with Crippen LogP contribution in [0, 0.1) is 33.5 Å². The molecule has 3 aliphatic heterocycles. The largest absolute Gasteiger partial charge is 0.444 e. The maximum atomic E-state index is 12.4. The van der Waals surface area contributed by atoms with Crippen molar-refractivity contribution in [2.75, 3.05) is 26.2 Å². The molecule has 3 saturated carbocycles. The van der Waals surface area contributed by atoms with Crippen LogP contribution in [0.4, 0.5) is 4.79 Å². The molecule has 6 aliphatic rings. The Kier molecular flexibility index (Phi) is 4.23. The van der Waals surface area contributed by atoms with Crippen molar-refractivity contribution in [1.82, 2.24) is 9.80 Å². The van der Waals surface area contributed by atoms with E-state index in [0.29, 0.717) is 35.4 Å². The standard InChI is InChI=1S/C24H31ClN4O2/c1-21(2,3)31-20(30)29-13-23(14-29)6-7-28(12-23)19-16(10-26)18(25)17-8-15-9-24(17,11-27-19)22(15,4)5/h11,15H,6-9,12-14H2,1-5H3/t15-,24-/m0/s1. The van der Waals surface area contributed by atoms with Crippen LogP contribution in [0.25, 0.3) is 0 Å². The highest BCUT2D eigenvalue weighted by Gasteiger charge is 2.67. The summed E-state index contributed by atoms with van der Waals surface area (Å²) in [5.74, 6) is 1.32. The molecule has 0 aromatic heterocycles. The van der Waals surface area contributed by atoms with E-state index >= 15 is 0 Å². The highest BCUT2D eigenvalue weighted by Crippen LogP contribution is 2.73. The van der Waals surface area contributed by atoms with E-state index < -0.39 is 5.60 Å². The van der Waals surface area contributed by atoms with Gasteiger partial charge >= 0.3 is 6.09 Å². The second kappa shape index (κ2) is 6.28. The summed E-state index contributed by atoms with van der Waals surface area (Å²) in [6.45, 7) is 13.2. The number of amides is 1. The summed E-state index contributed by atoms with van der Waals surface area (Å²) in [5, 5.41) is 10.6. The van der Waals surface area contributed by atoms with Crippen molar-refractivity contribution in [2.24, 2.45) is 27.2 Å². The van der Waals surface area contributed by atoms with E-state index in [0.717, 1.165) is 32.4 Å². The Labute approximate surface area is 189 Å². The average molecular weight is 443 g/mol.